The van der Waals surface area contributed by atoms with Crippen LogP contribution < -0.4 is 5.73 Å². The number of esters is 1. The van der Waals surface area contributed by atoms with E-state index in [-0.39, 0.29) is 5.02 Å². The van der Waals surface area contributed by atoms with Gasteiger partial charge in [0.15, 0.2) is 0 Å². The van der Waals surface area contributed by atoms with Gasteiger partial charge in [0.05, 0.1) is 22.8 Å². The molecule has 0 atom stereocenters. The molecule has 19 heavy (non-hydrogen) atoms. The number of carbonyl (C=O) groups excluding carboxylic acids is 1. The molecule has 0 radical (unpaired) electrons. The molecular weight excluding hydrogens is 278 g/mol. The number of benzene rings is 1. The molecule has 0 aliphatic heterocycles. The van der Waals surface area contributed by atoms with Gasteiger partial charge in [-0.25, -0.2) is 4.79 Å². The number of carbonyl (C=O) groups is 1. The van der Waals surface area contributed by atoms with Crippen molar-refractivity contribution in [1.82, 2.24) is 0 Å². The predicted molar refractivity (Wildman–Crippen MR) is 82.0 cm³/mol. The van der Waals surface area contributed by atoms with E-state index >= 15 is 0 Å². The molecule has 0 saturated heterocycles. The van der Waals surface area contributed by atoms with Crippen LogP contribution in [-0.2, 0) is 4.74 Å². The fraction of sp³-hybridized carbons (Fsp3) is 0.357. The Kier molecular flexibility index (Phi) is 5.04. The van der Waals surface area contributed by atoms with Gasteiger partial charge in [-0.15, -0.1) is 5.54 Å². The molecule has 0 bridgehead atoms. The van der Waals surface area contributed by atoms with Crippen LogP contribution in [0.1, 0.15) is 22.8 Å². The maximum atomic E-state index is 11.7. The van der Waals surface area contributed by atoms with Crippen LogP contribution in [0.25, 0.3) is 0 Å². The molecular formula is C14H18ClNO2Si. The molecule has 0 fully saturated rings. The molecule has 102 valence electrons. The van der Waals surface area contributed by atoms with Crippen molar-refractivity contribution < 1.29 is 9.53 Å². The molecule has 0 aromatic heterocycles. The van der Waals surface area contributed by atoms with Gasteiger partial charge in [0.25, 0.3) is 0 Å². The van der Waals surface area contributed by atoms with Gasteiger partial charge in [0, 0.05) is 5.69 Å². The zero-order chi connectivity index (χ0) is 14.6. The van der Waals surface area contributed by atoms with E-state index in [2.05, 4.69) is 31.1 Å². The Morgan fingerprint density at radius 3 is 2.58 bits per heavy atom. The molecule has 3 nitrogen and oxygen atoms in total. The van der Waals surface area contributed by atoms with Gasteiger partial charge in [-0.1, -0.05) is 37.2 Å². The molecule has 0 saturated carbocycles. The molecule has 0 heterocycles. The van der Waals surface area contributed by atoms with Gasteiger partial charge in [-0.05, 0) is 19.1 Å². The molecule has 1 rings (SSSR count). The van der Waals surface area contributed by atoms with Crippen molar-refractivity contribution in [2.75, 3.05) is 12.3 Å². The molecule has 0 spiro atoms. The summed E-state index contributed by atoms with van der Waals surface area (Å²) in [5.74, 6) is 2.55. The highest BCUT2D eigenvalue weighted by atomic mass is 35.5. The summed E-state index contributed by atoms with van der Waals surface area (Å²) in [4.78, 5) is 11.7. The van der Waals surface area contributed by atoms with Crippen molar-refractivity contribution in [2.45, 2.75) is 26.6 Å². The number of anilines is 1. The van der Waals surface area contributed by atoms with Crippen LogP contribution in [0.2, 0.25) is 24.7 Å². The highest BCUT2D eigenvalue weighted by Gasteiger charge is 2.16. The zero-order valence-electron chi connectivity index (χ0n) is 11.6. The first-order valence-corrected chi connectivity index (χ1v) is 9.92. The standard InChI is InChI=1S/C14H18ClNO2Si/c1-5-18-14(17)11-6-7-12(16)10(13(11)15)8-9-19(2,3)4/h6-7H,5,16H2,1-4H3. The van der Waals surface area contributed by atoms with Crippen LogP contribution in [0, 0.1) is 11.5 Å². The molecule has 1 aromatic carbocycles. The average molecular weight is 296 g/mol. The highest BCUT2D eigenvalue weighted by Crippen LogP contribution is 2.26. The van der Waals surface area contributed by atoms with Gasteiger partial charge in [0.1, 0.15) is 8.07 Å². The zero-order valence-corrected chi connectivity index (χ0v) is 13.4. The Morgan fingerprint density at radius 2 is 2.05 bits per heavy atom. The summed E-state index contributed by atoms with van der Waals surface area (Å²) in [6, 6.07) is 3.20. The number of nitrogens with two attached hydrogens (primary N) is 1. The van der Waals surface area contributed by atoms with E-state index in [0.717, 1.165) is 0 Å². The van der Waals surface area contributed by atoms with Crippen molar-refractivity contribution in [3.05, 3.63) is 28.3 Å². The van der Waals surface area contributed by atoms with E-state index in [1.54, 1.807) is 19.1 Å². The summed E-state index contributed by atoms with van der Waals surface area (Å²) in [6.45, 7) is 8.42. The molecule has 0 unspecified atom stereocenters. The number of hydrogen-bond acceptors (Lipinski definition) is 3. The van der Waals surface area contributed by atoms with Crippen LogP contribution >= 0.6 is 11.6 Å². The molecule has 0 aliphatic carbocycles. The van der Waals surface area contributed by atoms with Crippen LogP contribution in [0.3, 0.4) is 0 Å². The summed E-state index contributed by atoms with van der Waals surface area (Å²) < 4.78 is 4.95. The summed E-state index contributed by atoms with van der Waals surface area (Å²) in [6.07, 6.45) is 0. The lowest BCUT2D eigenvalue weighted by Crippen LogP contribution is -2.16. The first-order valence-electron chi connectivity index (χ1n) is 6.04. The van der Waals surface area contributed by atoms with E-state index in [1.807, 2.05) is 0 Å². The van der Waals surface area contributed by atoms with Crippen LogP contribution in [0.4, 0.5) is 5.69 Å². The number of rotatable bonds is 2. The molecule has 0 aliphatic rings. The van der Waals surface area contributed by atoms with Crippen molar-refractivity contribution in [1.29, 1.82) is 0 Å². The minimum Gasteiger partial charge on any atom is -0.462 e. The summed E-state index contributed by atoms with van der Waals surface area (Å²) >= 11 is 6.21. The third-order valence-electron chi connectivity index (χ3n) is 2.23. The summed E-state index contributed by atoms with van der Waals surface area (Å²) in [5.41, 5.74) is 10.3. The lowest BCUT2D eigenvalue weighted by molar-refractivity contribution is 0.0526. The van der Waals surface area contributed by atoms with E-state index < -0.39 is 14.0 Å². The normalized spacial score (nSPS) is 10.6. The Morgan fingerprint density at radius 1 is 1.42 bits per heavy atom. The van der Waals surface area contributed by atoms with Gasteiger partial charge in [0.2, 0.25) is 0 Å². The third kappa shape index (κ3) is 4.30. The maximum absolute atomic E-state index is 11.7. The van der Waals surface area contributed by atoms with Crippen LogP contribution in [-0.4, -0.2) is 20.7 Å². The van der Waals surface area contributed by atoms with Crippen molar-refractivity contribution in [2.24, 2.45) is 0 Å². The summed E-state index contributed by atoms with van der Waals surface area (Å²) in [5, 5.41) is 0.268. The van der Waals surface area contributed by atoms with Gasteiger partial charge < -0.3 is 10.5 Å². The van der Waals surface area contributed by atoms with Gasteiger partial charge in [-0.3, -0.25) is 0 Å². The lowest BCUT2D eigenvalue weighted by Gasteiger charge is -2.09. The Bertz CT molecular complexity index is 553. The molecule has 1 aromatic rings. The van der Waals surface area contributed by atoms with Crippen molar-refractivity contribution in [3.63, 3.8) is 0 Å². The second-order valence-electron chi connectivity index (χ2n) is 5.11. The van der Waals surface area contributed by atoms with E-state index in [0.29, 0.717) is 23.4 Å². The smallest absolute Gasteiger partial charge is 0.339 e. The van der Waals surface area contributed by atoms with Crippen LogP contribution in [0.5, 0.6) is 0 Å². The summed E-state index contributed by atoms with van der Waals surface area (Å²) in [7, 11) is -1.54. The largest absolute Gasteiger partial charge is 0.462 e. The Hall–Kier alpha value is -1.44. The first-order chi connectivity index (χ1) is 8.76. The molecule has 2 N–H and O–H groups in total. The van der Waals surface area contributed by atoms with Crippen molar-refractivity contribution in [3.8, 4) is 11.5 Å². The maximum Gasteiger partial charge on any atom is 0.339 e. The van der Waals surface area contributed by atoms with Crippen molar-refractivity contribution >= 4 is 31.3 Å². The van der Waals surface area contributed by atoms with Gasteiger partial charge >= 0.3 is 5.97 Å². The fourth-order valence-electron chi connectivity index (χ4n) is 1.33. The molecule has 5 heteroatoms. The highest BCUT2D eigenvalue weighted by molar-refractivity contribution is 6.83. The number of ether oxygens (including phenoxy) is 1. The predicted octanol–water partition coefficient (Wildman–Crippen LogP) is 3.33. The second-order valence-corrected chi connectivity index (χ2v) is 10.2. The number of hydrogen-bond donors (Lipinski definition) is 1. The molecule has 0 amide bonds. The van der Waals surface area contributed by atoms with E-state index in [9.17, 15) is 4.79 Å². The minimum atomic E-state index is -1.54. The Balaban J connectivity index is 3.28. The topological polar surface area (TPSA) is 52.3 Å². The Labute approximate surface area is 120 Å². The van der Waals surface area contributed by atoms with Gasteiger partial charge in [-0.2, -0.15) is 0 Å². The van der Waals surface area contributed by atoms with E-state index in [4.69, 9.17) is 22.1 Å². The fourth-order valence-corrected chi connectivity index (χ4v) is 2.13. The lowest BCUT2D eigenvalue weighted by atomic mass is 10.1. The minimum absolute atomic E-state index is 0.268. The number of nitrogen functional groups attached to an aromatic ring is 1. The quantitative estimate of drug-likeness (QED) is 0.394. The first kappa shape index (κ1) is 15.6. The number of halogens is 1. The van der Waals surface area contributed by atoms with Crippen LogP contribution in [0.15, 0.2) is 12.1 Å². The van der Waals surface area contributed by atoms with E-state index in [1.165, 1.54) is 0 Å². The SMILES string of the molecule is CCOC(=O)c1ccc(N)c(C#C[Si](C)(C)C)c1Cl. The third-order valence-corrected chi connectivity index (χ3v) is 3.50. The average Bonchev–Trinajstić information content (AvgIpc) is 2.27. The monoisotopic (exact) mass is 295 g/mol. The second kappa shape index (κ2) is 6.13.